The standard InChI is InChI=1S/C11H20N4/c1-5-11(3,6-2)15-10-7-9(12-4)13-8-14-10/h7-8H,5-6H2,1-4H3,(H2,12,13,14,15). The molecule has 0 amide bonds. The summed E-state index contributed by atoms with van der Waals surface area (Å²) in [7, 11) is 1.85. The average molecular weight is 208 g/mol. The van der Waals surface area contributed by atoms with Crippen molar-refractivity contribution in [2.75, 3.05) is 17.7 Å². The lowest BCUT2D eigenvalue weighted by atomic mass is 9.96. The molecular formula is C11H20N4. The van der Waals surface area contributed by atoms with Gasteiger partial charge in [-0.15, -0.1) is 0 Å². The molecule has 2 N–H and O–H groups in total. The van der Waals surface area contributed by atoms with Crippen molar-refractivity contribution in [2.45, 2.75) is 39.2 Å². The molecule has 0 fully saturated rings. The van der Waals surface area contributed by atoms with Crippen LogP contribution >= 0.6 is 0 Å². The molecule has 0 aliphatic rings. The van der Waals surface area contributed by atoms with Crippen LogP contribution in [-0.2, 0) is 0 Å². The van der Waals surface area contributed by atoms with Crippen LogP contribution < -0.4 is 10.6 Å². The van der Waals surface area contributed by atoms with Gasteiger partial charge < -0.3 is 10.6 Å². The monoisotopic (exact) mass is 208 g/mol. The Bertz CT molecular complexity index is 307. The molecule has 1 heterocycles. The number of nitrogens with one attached hydrogen (secondary N) is 2. The summed E-state index contributed by atoms with van der Waals surface area (Å²) in [6, 6.07) is 1.92. The average Bonchev–Trinajstić information content (AvgIpc) is 2.29. The van der Waals surface area contributed by atoms with Crippen LogP contribution in [-0.4, -0.2) is 22.6 Å². The normalized spacial score (nSPS) is 11.2. The summed E-state index contributed by atoms with van der Waals surface area (Å²) in [5.74, 6) is 1.71. The first-order valence-electron chi connectivity index (χ1n) is 5.41. The zero-order valence-electron chi connectivity index (χ0n) is 9.96. The summed E-state index contributed by atoms with van der Waals surface area (Å²) in [6.45, 7) is 6.56. The quantitative estimate of drug-likeness (QED) is 0.780. The van der Waals surface area contributed by atoms with Crippen LogP contribution in [0, 0.1) is 0 Å². The van der Waals surface area contributed by atoms with Crippen molar-refractivity contribution < 1.29 is 0 Å². The lowest BCUT2D eigenvalue weighted by molar-refractivity contribution is 0.476. The van der Waals surface area contributed by atoms with Gasteiger partial charge in [-0.1, -0.05) is 13.8 Å². The highest BCUT2D eigenvalue weighted by molar-refractivity contribution is 5.47. The Labute approximate surface area is 91.5 Å². The Morgan fingerprint density at radius 3 is 2.33 bits per heavy atom. The Morgan fingerprint density at radius 2 is 1.80 bits per heavy atom. The molecule has 0 saturated heterocycles. The van der Waals surface area contributed by atoms with Crippen LogP contribution in [0.4, 0.5) is 11.6 Å². The van der Waals surface area contributed by atoms with E-state index in [1.165, 1.54) is 0 Å². The van der Waals surface area contributed by atoms with Crippen LogP contribution in [0.25, 0.3) is 0 Å². The second-order valence-electron chi connectivity index (χ2n) is 3.93. The molecule has 15 heavy (non-hydrogen) atoms. The van der Waals surface area contributed by atoms with Gasteiger partial charge in [-0.2, -0.15) is 0 Å². The van der Waals surface area contributed by atoms with Crippen LogP contribution in [0.3, 0.4) is 0 Å². The summed E-state index contributed by atoms with van der Waals surface area (Å²) < 4.78 is 0. The highest BCUT2D eigenvalue weighted by Gasteiger charge is 2.19. The third-order valence-corrected chi connectivity index (χ3v) is 2.91. The molecule has 0 aliphatic carbocycles. The number of hydrogen-bond donors (Lipinski definition) is 2. The molecule has 84 valence electrons. The third kappa shape index (κ3) is 3.08. The molecule has 0 spiro atoms. The first-order valence-corrected chi connectivity index (χ1v) is 5.41. The molecule has 1 aromatic heterocycles. The molecule has 0 aromatic carbocycles. The van der Waals surface area contributed by atoms with Gasteiger partial charge in [-0.25, -0.2) is 9.97 Å². The van der Waals surface area contributed by atoms with Crippen molar-refractivity contribution in [3.05, 3.63) is 12.4 Å². The Morgan fingerprint density at radius 1 is 1.20 bits per heavy atom. The fraction of sp³-hybridized carbons (Fsp3) is 0.636. The first-order chi connectivity index (χ1) is 7.13. The lowest BCUT2D eigenvalue weighted by Gasteiger charge is -2.28. The van der Waals surface area contributed by atoms with Gasteiger partial charge in [0.1, 0.15) is 18.0 Å². The van der Waals surface area contributed by atoms with Gasteiger partial charge in [0.25, 0.3) is 0 Å². The number of nitrogens with zero attached hydrogens (tertiary/aromatic N) is 2. The van der Waals surface area contributed by atoms with Crippen molar-refractivity contribution in [1.82, 2.24) is 9.97 Å². The van der Waals surface area contributed by atoms with E-state index in [-0.39, 0.29) is 5.54 Å². The second-order valence-corrected chi connectivity index (χ2v) is 3.93. The van der Waals surface area contributed by atoms with Gasteiger partial charge in [0.2, 0.25) is 0 Å². The van der Waals surface area contributed by atoms with Crippen molar-refractivity contribution in [3.8, 4) is 0 Å². The zero-order valence-corrected chi connectivity index (χ0v) is 9.96. The summed E-state index contributed by atoms with van der Waals surface area (Å²) >= 11 is 0. The van der Waals surface area contributed by atoms with E-state index in [1.54, 1.807) is 6.33 Å². The number of rotatable bonds is 5. The van der Waals surface area contributed by atoms with E-state index in [4.69, 9.17) is 0 Å². The molecule has 0 bridgehead atoms. The van der Waals surface area contributed by atoms with Crippen LogP contribution in [0.1, 0.15) is 33.6 Å². The number of anilines is 2. The minimum absolute atomic E-state index is 0.110. The van der Waals surface area contributed by atoms with E-state index >= 15 is 0 Å². The first kappa shape index (κ1) is 11.8. The second kappa shape index (κ2) is 4.96. The maximum Gasteiger partial charge on any atom is 0.131 e. The smallest absolute Gasteiger partial charge is 0.131 e. The molecule has 1 aromatic rings. The summed E-state index contributed by atoms with van der Waals surface area (Å²) in [4.78, 5) is 8.28. The Balaban J connectivity index is 2.79. The van der Waals surface area contributed by atoms with Gasteiger partial charge in [-0.3, -0.25) is 0 Å². The van der Waals surface area contributed by atoms with Crippen LogP contribution in [0.15, 0.2) is 12.4 Å². The van der Waals surface area contributed by atoms with Crippen LogP contribution in [0.2, 0.25) is 0 Å². The van der Waals surface area contributed by atoms with E-state index < -0.39 is 0 Å². The molecule has 0 radical (unpaired) electrons. The molecular weight excluding hydrogens is 188 g/mol. The van der Waals surface area contributed by atoms with Crippen molar-refractivity contribution in [3.63, 3.8) is 0 Å². The van der Waals surface area contributed by atoms with Gasteiger partial charge in [0, 0.05) is 18.7 Å². The van der Waals surface area contributed by atoms with Gasteiger partial charge in [0.05, 0.1) is 0 Å². The minimum Gasteiger partial charge on any atom is -0.373 e. The predicted octanol–water partition coefficient (Wildman–Crippen LogP) is 2.51. The van der Waals surface area contributed by atoms with Gasteiger partial charge in [0.15, 0.2) is 0 Å². The maximum atomic E-state index is 4.21. The van der Waals surface area contributed by atoms with E-state index in [2.05, 4.69) is 41.4 Å². The molecule has 0 saturated carbocycles. The van der Waals surface area contributed by atoms with E-state index in [1.807, 2.05) is 13.1 Å². The predicted molar refractivity (Wildman–Crippen MR) is 64.2 cm³/mol. The van der Waals surface area contributed by atoms with Crippen molar-refractivity contribution >= 4 is 11.6 Å². The van der Waals surface area contributed by atoms with Crippen molar-refractivity contribution in [1.29, 1.82) is 0 Å². The Hall–Kier alpha value is -1.32. The fourth-order valence-electron chi connectivity index (χ4n) is 1.30. The SMILES string of the molecule is CCC(C)(CC)Nc1cc(NC)ncn1. The topological polar surface area (TPSA) is 49.8 Å². The molecule has 4 nitrogen and oxygen atoms in total. The Kier molecular flexibility index (Phi) is 3.88. The molecule has 0 aliphatic heterocycles. The fourth-order valence-corrected chi connectivity index (χ4v) is 1.30. The van der Waals surface area contributed by atoms with Crippen molar-refractivity contribution in [2.24, 2.45) is 0 Å². The lowest BCUT2D eigenvalue weighted by Crippen LogP contribution is -2.33. The molecule has 0 unspecified atom stereocenters. The third-order valence-electron chi connectivity index (χ3n) is 2.91. The maximum absolute atomic E-state index is 4.21. The van der Waals surface area contributed by atoms with E-state index in [0.717, 1.165) is 24.5 Å². The minimum atomic E-state index is 0.110. The molecule has 1 rings (SSSR count). The summed E-state index contributed by atoms with van der Waals surface area (Å²) in [5, 5.41) is 6.44. The van der Waals surface area contributed by atoms with Gasteiger partial charge in [-0.05, 0) is 19.8 Å². The van der Waals surface area contributed by atoms with Crippen LogP contribution in [0.5, 0.6) is 0 Å². The van der Waals surface area contributed by atoms with E-state index in [0.29, 0.717) is 0 Å². The summed E-state index contributed by atoms with van der Waals surface area (Å²) in [5.41, 5.74) is 0.110. The van der Waals surface area contributed by atoms with E-state index in [9.17, 15) is 0 Å². The highest BCUT2D eigenvalue weighted by atomic mass is 15.1. The largest absolute Gasteiger partial charge is 0.373 e. The van der Waals surface area contributed by atoms with Gasteiger partial charge >= 0.3 is 0 Å². The molecule has 0 atom stereocenters. The number of aromatic nitrogens is 2. The number of hydrogen-bond acceptors (Lipinski definition) is 4. The highest BCUT2D eigenvalue weighted by Crippen LogP contribution is 2.20. The molecule has 4 heteroatoms. The summed E-state index contributed by atoms with van der Waals surface area (Å²) in [6.07, 6.45) is 3.71. The zero-order chi connectivity index (χ0) is 11.3.